The Hall–Kier alpha value is -1.06. The van der Waals surface area contributed by atoms with Crippen molar-refractivity contribution >= 4 is 17.5 Å². The maximum atomic E-state index is 11.9. The van der Waals surface area contributed by atoms with Gasteiger partial charge in [0.1, 0.15) is 0 Å². The Balaban J connectivity index is 1.66. The van der Waals surface area contributed by atoms with Crippen molar-refractivity contribution in [3.63, 3.8) is 0 Å². The third-order valence-electron chi connectivity index (χ3n) is 3.97. The van der Waals surface area contributed by atoms with Crippen LogP contribution < -0.4 is 5.32 Å². The second-order valence-electron chi connectivity index (χ2n) is 5.29. The molecule has 3 nitrogen and oxygen atoms in total. The van der Waals surface area contributed by atoms with Gasteiger partial charge in [0.25, 0.3) is 0 Å². The number of hydrogen-bond donors (Lipinski definition) is 1. The van der Waals surface area contributed by atoms with Gasteiger partial charge < -0.3 is 10.2 Å². The van der Waals surface area contributed by atoms with Crippen LogP contribution in [0.4, 0.5) is 0 Å². The first kappa shape index (κ1) is 12.0. The van der Waals surface area contributed by atoms with E-state index >= 15 is 0 Å². The van der Waals surface area contributed by atoms with Gasteiger partial charge in [-0.2, -0.15) is 0 Å². The number of fused-ring (bicyclic) bond motifs is 1. The van der Waals surface area contributed by atoms with Crippen molar-refractivity contribution in [1.29, 1.82) is 0 Å². The zero-order valence-electron chi connectivity index (χ0n) is 10.4. The largest absolute Gasteiger partial charge is 0.344 e. The summed E-state index contributed by atoms with van der Waals surface area (Å²) in [5.41, 5.74) is 2.68. The summed E-state index contributed by atoms with van der Waals surface area (Å²) in [5.74, 6) is 0.226. The average molecular weight is 265 g/mol. The minimum Gasteiger partial charge on any atom is -0.344 e. The average Bonchev–Trinajstić information content (AvgIpc) is 2.86. The molecule has 0 spiro atoms. The summed E-state index contributed by atoms with van der Waals surface area (Å²) < 4.78 is 0. The van der Waals surface area contributed by atoms with Crippen molar-refractivity contribution in [2.45, 2.75) is 31.3 Å². The molecule has 1 N–H and O–H groups in total. The van der Waals surface area contributed by atoms with Crippen molar-refractivity contribution in [3.05, 3.63) is 34.3 Å². The molecule has 0 aromatic heterocycles. The quantitative estimate of drug-likeness (QED) is 0.881. The summed E-state index contributed by atoms with van der Waals surface area (Å²) >= 11 is 6.00. The highest BCUT2D eigenvalue weighted by Crippen LogP contribution is 2.26. The third kappa shape index (κ3) is 2.13. The molecule has 3 rings (SSSR count). The van der Waals surface area contributed by atoms with Crippen LogP contribution in [0.1, 0.15) is 17.5 Å². The van der Waals surface area contributed by atoms with Crippen molar-refractivity contribution in [3.8, 4) is 0 Å². The summed E-state index contributed by atoms with van der Waals surface area (Å²) in [5, 5.41) is 4.29. The summed E-state index contributed by atoms with van der Waals surface area (Å²) in [4.78, 5) is 13.7. The van der Waals surface area contributed by atoms with Crippen molar-refractivity contribution in [2.75, 3.05) is 13.6 Å². The Kier molecular flexibility index (Phi) is 3.04. The van der Waals surface area contributed by atoms with Gasteiger partial charge in [0.2, 0.25) is 5.91 Å². The standard InChI is InChI=1S/C14H17ClN2O/c1-17-5-4-13(14(17)18)16-12-7-9-2-3-11(15)6-10(9)8-12/h2-3,6,12-13,16H,4-5,7-8H2,1H3. The van der Waals surface area contributed by atoms with Gasteiger partial charge in [0, 0.05) is 24.7 Å². The molecule has 96 valence electrons. The van der Waals surface area contributed by atoms with Gasteiger partial charge in [-0.25, -0.2) is 0 Å². The van der Waals surface area contributed by atoms with Crippen molar-refractivity contribution < 1.29 is 4.79 Å². The van der Waals surface area contributed by atoms with Crippen LogP contribution in [0, 0.1) is 0 Å². The number of nitrogens with zero attached hydrogens (tertiary/aromatic N) is 1. The maximum Gasteiger partial charge on any atom is 0.239 e. The van der Waals surface area contributed by atoms with Crippen molar-refractivity contribution in [1.82, 2.24) is 10.2 Å². The first-order valence-corrected chi connectivity index (χ1v) is 6.79. The van der Waals surface area contributed by atoms with Crippen molar-refractivity contribution in [2.24, 2.45) is 0 Å². The van der Waals surface area contributed by atoms with Crippen LogP contribution in [0.25, 0.3) is 0 Å². The number of rotatable bonds is 2. The monoisotopic (exact) mass is 264 g/mol. The van der Waals surface area contributed by atoms with Crippen LogP contribution in [0.5, 0.6) is 0 Å². The second-order valence-corrected chi connectivity index (χ2v) is 5.72. The number of likely N-dealkylation sites (tertiary alicyclic amines) is 1. The van der Waals surface area contributed by atoms with Crippen LogP contribution in [0.2, 0.25) is 5.02 Å². The first-order valence-electron chi connectivity index (χ1n) is 6.42. The summed E-state index contributed by atoms with van der Waals surface area (Å²) in [6.07, 6.45) is 2.90. The van der Waals surface area contributed by atoms with E-state index in [1.165, 1.54) is 11.1 Å². The highest BCUT2D eigenvalue weighted by molar-refractivity contribution is 6.30. The second kappa shape index (κ2) is 4.56. The van der Waals surface area contributed by atoms with E-state index in [0.717, 1.165) is 30.8 Å². The smallest absolute Gasteiger partial charge is 0.239 e. The van der Waals surface area contributed by atoms with Gasteiger partial charge in [-0.1, -0.05) is 17.7 Å². The van der Waals surface area contributed by atoms with Gasteiger partial charge in [-0.15, -0.1) is 0 Å². The number of carbonyl (C=O) groups excluding carboxylic acids is 1. The van der Waals surface area contributed by atoms with E-state index in [1.807, 2.05) is 19.2 Å². The van der Waals surface area contributed by atoms with E-state index in [4.69, 9.17) is 11.6 Å². The maximum absolute atomic E-state index is 11.9. The molecule has 1 heterocycles. The molecule has 1 fully saturated rings. The molecule has 1 aliphatic heterocycles. The van der Waals surface area contributed by atoms with Crippen LogP contribution in [0.15, 0.2) is 18.2 Å². The number of hydrogen-bond acceptors (Lipinski definition) is 2. The van der Waals surface area contributed by atoms with E-state index in [-0.39, 0.29) is 11.9 Å². The number of carbonyl (C=O) groups is 1. The molecule has 0 bridgehead atoms. The van der Waals surface area contributed by atoms with Gasteiger partial charge in [0.15, 0.2) is 0 Å². The van der Waals surface area contributed by atoms with E-state index in [1.54, 1.807) is 4.90 Å². The predicted molar refractivity (Wildman–Crippen MR) is 71.8 cm³/mol. The molecule has 1 saturated heterocycles. The first-order chi connectivity index (χ1) is 8.63. The minimum absolute atomic E-state index is 0.00443. The Bertz CT molecular complexity index is 489. The van der Waals surface area contributed by atoms with E-state index in [2.05, 4.69) is 11.4 Å². The van der Waals surface area contributed by atoms with Crippen LogP contribution in [-0.4, -0.2) is 36.5 Å². The molecule has 1 amide bonds. The summed E-state index contributed by atoms with van der Waals surface area (Å²) in [7, 11) is 1.87. The zero-order chi connectivity index (χ0) is 12.7. The van der Waals surface area contributed by atoms with E-state index < -0.39 is 0 Å². The van der Waals surface area contributed by atoms with Gasteiger partial charge in [0.05, 0.1) is 6.04 Å². The van der Waals surface area contributed by atoms with Gasteiger partial charge in [-0.05, 0) is 42.5 Å². The molecule has 1 aromatic carbocycles. The lowest BCUT2D eigenvalue weighted by Crippen LogP contribution is -2.43. The number of benzene rings is 1. The van der Waals surface area contributed by atoms with Crippen LogP contribution >= 0.6 is 11.6 Å². The molecule has 18 heavy (non-hydrogen) atoms. The fourth-order valence-electron chi connectivity index (χ4n) is 2.97. The molecule has 0 radical (unpaired) electrons. The lowest BCUT2D eigenvalue weighted by atomic mass is 10.1. The third-order valence-corrected chi connectivity index (χ3v) is 4.20. The van der Waals surface area contributed by atoms with E-state index in [9.17, 15) is 4.79 Å². The lowest BCUT2D eigenvalue weighted by molar-refractivity contribution is -0.128. The molecule has 4 heteroatoms. The van der Waals surface area contributed by atoms with Crippen LogP contribution in [0.3, 0.4) is 0 Å². The van der Waals surface area contributed by atoms with Crippen LogP contribution in [-0.2, 0) is 17.6 Å². The Morgan fingerprint density at radius 2 is 2.11 bits per heavy atom. The minimum atomic E-state index is 0.00443. The summed E-state index contributed by atoms with van der Waals surface area (Å²) in [6.45, 7) is 0.863. The molecule has 2 aliphatic rings. The van der Waals surface area contributed by atoms with Gasteiger partial charge >= 0.3 is 0 Å². The predicted octanol–water partition coefficient (Wildman–Crippen LogP) is 1.63. The summed E-state index contributed by atoms with van der Waals surface area (Å²) in [6, 6.07) is 6.46. The molecular weight excluding hydrogens is 248 g/mol. The number of halogens is 1. The molecule has 1 aromatic rings. The van der Waals surface area contributed by atoms with E-state index in [0.29, 0.717) is 6.04 Å². The number of likely N-dealkylation sites (N-methyl/N-ethyl adjacent to an activating group) is 1. The van der Waals surface area contributed by atoms with Gasteiger partial charge in [-0.3, -0.25) is 4.79 Å². The Morgan fingerprint density at radius 3 is 2.83 bits per heavy atom. The topological polar surface area (TPSA) is 32.3 Å². The lowest BCUT2D eigenvalue weighted by Gasteiger charge is -2.17. The number of amides is 1. The Morgan fingerprint density at radius 1 is 1.33 bits per heavy atom. The zero-order valence-corrected chi connectivity index (χ0v) is 11.2. The molecule has 2 atom stereocenters. The Labute approximate surface area is 112 Å². The molecule has 0 saturated carbocycles. The normalized spacial score (nSPS) is 26.8. The molecule has 1 aliphatic carbocycles. The fourth-order valence-corrected chi connectivity index (χ4v) is 3.16. The number of nitrogens with one attached hydrogen (secondary N) is 1. The molecule has 2 unspecified atom stereocenters. The highest BCUT2D eigenvalue weighted by Gasteiger charge is 2.32. The fraction of sp³-hybridized carbons (Fsp3) is 0.500. The SMILES string of the molecule is CN1CCC(NC2Cc3ccc(Cl)cc3C2)C1=O. The molecular formula is C14H17ClN2O. The highest BCUT2D eigenvalue weighted by atomic mass is 35.5.